The summed E-state index contributed by atoms with van der Waals surface area (Å²) >= 11 is 0. The summed E-state index contributed by atoms with van der Waals surface area (Å²) in [5.74, 6) is 0.473. The van der Waals surface area contributed by atoms with Gasteiger partial charge in [-0.2, -0.15) is 0 Å². The Hall–Kier alpha value is -1.06. The van der Waals surface area contributed by atoms with Crippen molar-refractivity contribution in [1.82, 2.24) is 4.90 Å². The lowest BCUT2D eigenvalue weighted by Gasteiger charge is -2.36. The molecular formula is C16H23NO2. The second kappa shape index (κ2) is 5.51. The number of phenols is 1. The molecule has 19 heavy (non-hydrogen) atoms. The van der Waals surface area contributed by atoms with E-state index >= 15 is 0 Å². The normalized spacial score (nSPS) is 28.7. The van der Waals surface area contributed by atoms with Crippen molar-refractivity contribution >= 4 is 0 Å². The number of benzene rings is 1. The van der Waals surface area contributed by atoms with Gasteiger partial charge < -0.3 is 9.84 Å². The lowest BCUT2D eigenvalue weighted by Crippen LogP contribution is -2.35. The molecule has 2 aliphatic rings. The van der Waals surface area contributed by atoms with Crippen molar-refractivity contribution in [3.05, 3.63) is 29.3 Å². The van der Waals surface area contributed by atoms with Crippen LogP contribution in [0.3, 0.4) is 0 Å². The molecule has 0 spiro atoms. The Morgan fingerprint density at radius 1 is 1.32 bits per heavy atom. The van der Waals surface area contributed by atoms with Gasteiger partial charge in [0, 0.05) is 25.7 Å². The average Bonchev–Trinajstić information content (AvgIpc) is 2.63. The Kier molecular flexibility index (Phi) is 3.76. The van der Waals surface area contributed by atoms with E-state index in [1.165, 1.54) is 18.4 Å². The third-order valence-electron chi connectivity index (χ3n) is 4.38. The predicted molar refractivity (Wildman–Crippen MR) is 75.4 cm³/mol. The van der Waals surface area contributed by atoms with E-state index in [4.69, 9.17) is 4.74 Å². The molecule has 1 aliphatic carbocycles. The van der Waals surface area contributed by atoms with E-state index in [0.29, 0.717) is 17.9 Å². The van der Waals surface area contributed by atoms with Gasteiger partial charge in [0.2, 0.25) is 0 Å². The average molecular weight is 261 g/mol. The lowest BCUT2D eigenvalue weighted by molar-refractivity contribution is 0.0586. The molecule has 2 atom stereocenters. The number of phenolic OH excluding ortho intramolecular Hbond substituents is 1. The van der Waals surface area contributed by atoms with Gasteiger partial charge >= 0.3 is 0 Å². The Bertz CT molecular complexity index is 446. The first-order chi connectivity index (χ1) is 9.25. The van der Waals surface area contributed by atoms with Gasteiger partial charge in [-0.3, -0.25) is 4.90 Å². The molecule has 2 unspecified atom stereocenters. The van der Waals surface area contributed by atoms with Crippen LogP contribution in [0.15, 0.2) is 18.2 Å². The monoisotopic (exact) mass is 261 g/mol. The second-order valence-electron chi connectivity index (χ2n) is 5.78. The maximum atomic E-state index is 10.0. The maximum absolute atomic E-state index is 10.0. The van der Waals surface area contributed by atoms with Gasteiger partial charge in [-0.1, -0.05) is 12.1 Å². The summed E-state index contributed by atoms with van der Waals surface area (Å²) in [6.07, 6.45) is 4.79. The number of nitrogens with zero attached hydrogens (tertiary/aromatic N) is 1. The largest absolute Gasteiger partial charge is 0.508 e. The van der Waals surface area contributed by atoms with Crippen LogP contribution in [0.4, 0.5) is 0 Å². The number of hydrogen-bond donors (Lipinski definition) is 1. The van der Waals surface area contributed by atoms with E-state index in [1.807, 2.05) is 12.1 Å². The molecule has 3 heteroatoms. The fourth-order valence-electron chi connectivity index (χ4n) is 3.49. The molecule has 1 aromatic rings. The zero-order chi connectivity index (χ0) is 13.2. The molecule has 1 aliphatic heterocycles. The minimum atomic E-state index is 0.310. The van der Waals surface area contributed by atoms with Crippen molar-refractivity contribution in [2.45, 2.75) is 44.8 Å². The molecule has 3 nitrogen and oxygen atoms in total. The van der Waals surface area contributed by atoms with Crippen LogP contribution >= 0.6 is 0 Å². The van der Waals surface area contributed by atoms with E-state index in [2.05, 4.69) is 17.9 Å². The fraction of sp³-hybridized carbons (Fsp3) is 0.625. The highest BCUT2D eigenvalue weighted by molar-refractivity contribution is 5.42. The van der Waals surface area contributed by atoms with Gasteiger partial charge in [0.15, 0.2) is 0 Å². The molecular weight excluding hydrogens is 238 g/mol. The third kappa shape index (κ3) is 2.63. The topological polar surface area (TPSA) is 32.7 Å². The Morgan fingerprint density at radius 3 is 3.11 bits per heavy atom. The molecule has 0 saturated carbocycles. The first-order valence-electron chi connectivity index (χ1n) is 7.42. The summed E-state index contributed by atoms with van der Waals surface area (Å²) in [4.78, 5) is 2.55. The predicted octanol–water partition coefficient (Wildman–Crippen LogP) is 2.88. The van der Waals surface area contributed by atoms with Gasteiger partial charge in [-0.15, -0.1) is 0 Å². The standard InChI is InChI=1S/C16H23NO2/c1-12-11-17(9-4-10-19-12)15-7-2-6-14-13(15)5-3-8-16(14)18/h3,5,8,12,15,18H,2,4,6-7,9-11H2,1H3. The van der Waals surface area contributed by atoms with Crippen LogP contribution in [-0.4, -0.2) is 35.8 Å². The van der Waals surface area contributed by atoms with Crippen LogP contribution in [0.1, 0.15) is 43.4 Å². The molecule has 1 fully saturated rings. The highest BCUT2D eigenvalue weighted by Gasteiger charge is 2.29. The molecule has 1 saturated heterocycles. The zero-order valence-corrected chi connectivity index (χ0v) is 11.6. The summed E-state index contributed by atoms with van der Waals surface area (Å²) in [5.41, 5.74) is 2.50. The third-order valence-corrected chi connectivity index (χ3v) is 4.38. The minimum Gasteiger partial charge on any atom is -0.508 e. The Labute approximate surface area is 115 Å². The summed E-state index contributed by atoms with van der Waals surface area (Å²) in [6, 6.07) is 6.44. The van der Waals surface area contributed by atoms with Crippen LogP contribution in [0.2, 0.25) is 0 Å². The zero-order valence-electron chi connectivity index (χ0n) is 11.6. The first kappa shape index (κ1) is 12.9. The molecule has 0 radical (unpaired) electrons. The number of rotatable bonds is 1. The molecule has 0 aromatic heterocycles. The summed E-state index contributed by atoms with van der Waals surface area (Å²) in [6.45, 7) is 5.13. The summed E-state index contributed by atoms with van der Waals surface area (Å²) in [5, 5.41) is 10.0. The van der Waals surface area contributed by atoms with Gasteiger partial charge in [0.1, 0.15) is 5.75 Å². The van der Waals surface area contributed by atoms with E-state index < -0.39 is 0 Å². The molecule has 0 amide bonds. The van der Waals surface area contributed by atoms with Gasteiger partial charge in [0.25, 0.3) is 0 Å². The summed E-state index contributed by atoms with van der Waals surface area (Å²) < 4.78 is 5.74. The lowest BCUT2D eigenvalue weighted by atomic mass is 9.86. The van der Waals surface area contributed by atoms with Crippen LogP contribution < -0.4 is 0 Å². The first-order valence-corrected chi connectivity index (χ1v) is 7.42. The fourth-order valence-corrected chi connectivity index (χ4v) is 3.49. The Balaban J connectivity index is 1.88. The maximum Gasteiger partial charge on any atom is 0.119 e. The SMILES string of the molecule is CC1CN(C2CCCc3c(O)cccc32)CCCO1. The summed E-state index contributed by atoms with van der Waals surface area (Å²) in [7, 11) is 0. The van der Waals surface area contributed by atoms with E-state index in [0.717, 1.165) is 38.1 Å². The van der Waals surface area contributed by atoms with Crippen molar-refractivity contribution in [1.29, 1.82) is 0 Å². The molecule has 1 heterocycles. The highest BCUT2D eigenvalue weighted by atomic mass is 16.5. The highest BCUT2D eigenvalue weighted by Crippen LogP contribution is 2.38. The second-order valence-corrected chi connectivity index (χ2v) is 5.78. The van der Waals surface area contributed by atoms with E-state index in [9.17, 15) is 5.11 Å². The van der Waals surface area contributed by atoms with Crippen molar-refractivity contribution < 1.29 is 9.84 Å². The van der Waals surface area contributed by atoms with Gasteiger partial charge in [0.05, 0.1) is 6.10 Å². The van der Waals surface area contributed by atoms with E-state index in [1.54, 1.807) is 0 Å². The molecule has 3 rings (SSSR count). The van der Waals surface area contributed by atoms with Crippen LogP contribution in [0.5, 0.6) is 5.75 Å². The molecule has 1 N–H and O–H groups in total. The van der Waals surface area contributed by atoms with Crippen molar-refractivity contribution in [3.63, 3.8) is 0 Å². The van der Waals surface area contributed by atoms with Crippen molar-refractivity contribution in [2.24, 2.45) is 0 Å². The van der Waals surface area contributed by atoms with Gasteiger partial charge in [-0.05, 0) is 49.8 Å². The van der Waals surface area contributed by atoms with E-state index in [-0.39, 0.29) is 0 Å². The number of ether oxygens (including phenoxy) is 1. The smallest absolute Gasteiger partial charge is 0.119 e. The minimum absolute atomic E-state index is 0.310. The number of fused-ring (bicyclic) bond motifs is 1. The quantitative estimate of drug-likeness (QED) is 0.843. The molecule has 1 aromatic carbocycles. The van der Waals surface area contributed by atoms with Crippen LogP contribution in [-0.2, 0) is 11.2 Å². The van der Waals surface area contributed by atoms with Crippen molar-refractivity contribution in [3.8, 4) is 5.75 Å². The van der Waals surface area contributed by atoms with Crippen LogP contribution in [0, 0.1) is 0 Å². The molecule has 104 valence electrons. The number of aromatic hydroxyl groups is 1. The molecule has 0 bridgehead atoms. The van der Waals surface area contributed by atoms with Crippen LogP contribution in [0.25, 0.3) is 0 Å². The Morgan fingerprint density at radius 2 is 2.21 bits per heavy atom. The van der Waals surface area contributed by atoms with Gasteiger partial charge in [-0.25, -0.2) is 0 Å². The number of hydrogen-bond acceptors (Lipinski definition) is 3. The van der Waals surface area contributed by atoms with Crippen molar-refractivity contribution in [2.75, 3.05) is 19.7 Å².